The molecule has 0 aromatic heterocycles. The van der Waals surface area contributed by atoms with Crippen LogP contribution in [0.3, 0.4) is 0 Å². The number of hydrogen-bond acceptors (Lipinski definition) is 0. The maximum atomic E-state index is 2.25. The summed E-state index contributed by atoms with van der Waals surface area (Å²) < 4.78 is 0. The van der Waals surface area contributed by atoms with Gasteiger partial charge in [-0.1, -0.05) is 18.3 Å². The maximum absolute atomic E-state index is 2.25. The quantitative estimate of drug-likeness (QED) is 0.281. The normalized spacial score (nSPS) is 13.0. The van der Waals surface area contributed by atoms with Gasteiger partial charge in [0.05, 0.1) is 0 Å². The fourth-order valence-corrected chi connectivity index (χ4v) is 2.90. The van der Waals surface area contributed by atoms with E-state index in [-0.39, 0.29) is 34.1 Å². The van der Waals surface area contributed by atoms with E-state index in [9.17, 15) is 0 Å². The smallest absolute Gasteiger partial charge is 0.214 e. The van der Waals surface area contributed by atoms with E-state index in [0.717, 1.165) is 0 Å². The molecule has 0 saturated heterocycles. The summed E-state index contributed by atoms with van der Waals surface area (Å²) in [6.07, 6.45) is 2.64. The molecule has 1 aliphatic rings. The van der Waals surface area contributed by atoms with Crippen LogP contribution < -0.4 is 0 Å². The van der Waals surface area contributed by atoms with Gasteiger partial charge in [-0.3, -0.25) is 0 Å². The molecular formula is C23H22Fe2. The minimum absolute atomic E-state index is 0. The van der Waals surface area contributed by atoms with Crippen molar-refractivity contribution in [3.8, 4) is 0 Å². The van der Waals surface area contributed by atoms with Crippen molar-refractivity contribution in [2.45, 2.75) is 18.3 Å². The summed E-state index contributed by atoms with van der Waals surface area (Å²) in [5.74, 6) is 0. The predicted octanol–water partition coefficient (Wildman–Crippen LogP) is 6.01. The largest absolute Gasteiger partial charge is 2.00 e. The molecule has 0 radical (unpaired) electrons. The summed E-state index contributed by atoms with van der Waals surface area (Å²) in [6, 6.07) is 37.5. The molecular weight excluding hydrogens is 388 g/mol. The zero-order chi connectivity index (χ0) is 15.8. The van der Waals surface area contributed by atoms with E-state index < -0.39 is 0 Å². The molecule has 2 heteroatoms. The van der Waals surface area contributed by atoms with Gasteiger partial charge < -0.3 is 0 Å². The Bertz CT molecular complexity index is 613. The van der Waals surface area contributed by atoms with Crippen LogP contribution in [0.2, 0.25) is 0 Å². The second-order valence-electron chi connectivity index (χ2n) is 5.85. The van der Waals surface area contributed by atoms with Gasteiger partial charge in [0.2, 0.25) is 0 Å². The topological polar surface area (TPSA) is 0 Å². The van der Waals surface area contributed by atoms with Gasteiger partial charge in [-0.15, -0.1) is 0 Å². The summed E-state index contributed by atoms with van der Waals surface area (Å²) >= 11 is 0. The SMILES string of the molecule is [Fe+2].[Fe+2].c1cc[c-](C2([c-]3cccc3)CC2)c1.c1cc[cH-]c1.c1cc[cH-]c1. The molecule has 0 N–H and O–H groups in total. The summed E-state index contributed by atoms with van der Waals surface area (Å²) in [5.41, 5.74) is 3.39. The molecule has 0 bridgehead atoms. The van der Waals surface area contributed by atoms with Crippen molar-refractivity contribution >= 4 is 0 Å². The first-order valence-corrected chi connectivity index (χ1v) is 8.20. The van der Waals surface area contributed by atoms with Crippen molar-refractivity contribution in [3.05, 3.63) is 120 Å². The van der Waals surface area contributed by atoms with Crippen molar-refractivity contribution in [3.63, 3.8) is 0 Å². The van der Waals surface area contributed by atoms with Crippen LogP contribution in [0, 0.1) is 0 Å². The second-order valence-corrected chi connectivity index (χ2v) is 5.85. The number of hydrogen-bond donors (Lipinski definition) is 0. The molecule has 0 amide bonds. The van der Waals surface area contributed by atoms with Crippen LogP contribution in [0.4, 0.5) is 0 Å². The Kier molecular flexibility index (Phi) is 9.56. The van der Waals surface area contributed by atoms with Crippen molar-refractivity contribution in [1.82, 2.24) is 0 Å². The van der Waals surface area contributed by atoms with Gasteiger partial charge in [-0.2, -0.15) is 71.8 Å². The fraction of sp³-hybridized carbons (Fsp3) is 0.130. The monoisotopic (exact) mass is 410 g/mol. The van der Waals surface area contributed by atoms with Gasteiger partial charge in [0.15, 0.2) is 0 Å². The summed E-state index contributed by atoms with van der Waals surface area (Å²) in [5, 5.41) is 0. The molecule has 0 unspecified atom stereocenters. The Labute approximate surface area is 172 Å². The van der Waals surface area contributed by atoms with Gasteiger partial charge in [-0.05, 0) is 0 Å². The molecule has 4 aromatic rings. The predicted molar refractivity (Wildman–Crippen MR) is 98.2 cm³/mol. The van der Waals surface area contributed by atoms with E-state index in [4.69, 9.17) is 0 Å². The Hall–Kier alpha value is -1.56. The number of rotatable bonds is 2. The molecule has 5 rings (SSSR count). The van der Waals surface area contributed by atoms with Crippen molar-refractivity contribution in [2.24, 2.45) is 0 Å². The first-order valence-electron chi connectivity index (χ1n) is 8.20. The third kappa shape index (κ3) is 6.03. The molecule has 1 fully saturated rings. The molecule has 1 saturated carbocycles. The first-order chi connectivity index (χ1) is 11.4. The van der Waals surface area contributed by atoms with Gasteiger partial charge in [0, 0.05) is 0 Å². The first kappa shape index (κ1) is 21.5. The molecule has 0 atom stereocenters. The average molecular weight is 410 g/mol. The molecule has 0 spiro atoms. The van der Waals surface area contributed by atoms with Crippen LogP contribution >= 0.6 is 0 Å². The zero-order valence-electron chi connectivity index (χ0n) is 14.0. The molecule has 1 aliphatic carbocycles. The molecule has 4 aromatic carbocycles. The van der Waals surface area contributed by atoms with Crippen molar-refractivity contribution < 1.29 is 34.1 Å². The van der Waals surface area contributed by atoms with E-state index in [1.807, 2.05) is 60.7 Å². The summed E-state index contributed by atoms with van der Waals surface area (Å²) in [6.45, 7) is 0. The van der Waals surface area contributed by atoms with E-state index in [0.29, 0.717) is 5.41 Å². The van der Waals surface area contributed by atoms with Crippen LogP contribution in [-0.2, 0) is 39.6 Å². The van der Waals surface area contributed by atoms with Crippen molar-refractivity contribution in [2.75, 3.05) is 0 Å². The minimum atomic E-state index is 0. The molecule has 0 nitrogen and oxygen atoms in total. The molecule has 0 aliphatic heterocycles. The Morgan fingerprint density at radius 2 is 0.840 bits per heavy atom. The molecule has 25 heavy (non-hydrogen) atoms. The standard InChI is InChI=1S/C13H12.2C5H5.2Fe/c1-2-6-11(5-1)13(9-10-13)12-7-3-4-8-12;2*1-2-4-5-3-1;;/h1-8H,9-10H2;2*1-5H;;/q-2;2*-1;2*+2. The van der Waals surface area contributed by atoms with Crippen LogP contribution in [0.25, 0.3) is 0 Å². The maximum Gasteiger partial charge on any atom is 2.00 e. The van der Waals surface area contributed by atoms with E-state index >= 15 is 0 Å². The molecule has 0 heterocycles. The average Bonchev–Trinajstić information content (AvgIpc) is 3.30. The third-order valence-corrected chi connectivity index (χ3v) is 4.29. The Morgan fingerprint density at radius 1 is 0.520 bits per heavy atom. The Balaban J connectivity index is 0.000000219. The van der Waals surface area contributed by atoms with E-state index in [2.05, 4.69) is 48.5 Å². The zero-order valence-corrected chi connectivity index (χ0v) is 16.2. The Morgan fingerprint density at radius 3 is 1.04 bits per heavy atom. The second kappa shape index (κ2) is 11.1. The van der Waals surface area contributed by atoms with Crippen LogP contribution in [-0.4, -0.2) is 0 Å². The van der Waals surface area contributed by atoms with E-state index in [1.165, 1.54) is 24.0 Å². The van der Waals surface area contributed by atoms with Gasteiger partial charge >= 0.3 is 34.1 Å². The fourth-order valence-electron chi connectivity index (χ4n) is 2.90. The third-order valence-electron chi connectivity index (χ3n) is 4.29. The van der Waals surface area contributed by atoms with Crippen LogP contribution in [0.1, 0.15) is 24.0 Å². The van der Waals surface area contributed by atoms with Crippen LogP contribution in [0.5, 0.6) is 0 Å². The van der Waals surface area contributed by atoms with Gasteiger partial charge in [0.1, 0.15) is 0 Å². The van der Waals surface area contributed by atoms with Gasteiger partial charge in [0.25, 0.3) is 0 Å². The van der Waals surface area contributed by atoms with Crippen molar-refractivity contribution in [1.29, 1.82) is 0 Å². The summed E-state index contributed by atoms with van der Waals surface area (Å²) in [7, 11) is 0. The van der Waals surface area contributed by atoms with Crippen LogP contribution in [0.15, 0.2) is 109 Å². The van der Waals surface area contributed by atoms with E-state index in [1.54, 1.807) is 0 Å². The minimum Gasteiger partial charge on any atom is -0.214 e. The van der Waals surface area contributed by atoms with Gasteiger partial charge in [-0.25, -0.2) is 48.5 Å². The molecule has 130 valence electrons. The summed E-state index contributed by atoms with van der Waals surface area (Å²) in [4.78, 5) is 0.